The number of benzene rings is 2. The maximum Gasteiger partial charge on any atom is 0.251 e. The number of amides is 2. The third-order valence-corrected chi connectivity index (χ3v) is 5.23. The van der Waals surface area contributed by atoms with Crippen molar-refractivity contribution < 1.29 is 18.7 Å². The molecular weight excluding hydrogens is 409 g/mol. The van der Waals surface area contributed by atoms with Gasteiger partial charge in [0.2, 0.25) is 5.91 Å². The fourth-order valence-electron chi connectivity index (χ4n) is 3.47. The Kier molecular flexibility index (Phi) is 8.77. The minimum Gasteiger partial charge on any atom is -0.384 e. The maximum atomic E-state index is 12.9. The van der Waals surface area contributed by atoms with Gasteiger partial charge < -0.3 is 20.7 Å². The van der Waals surface area contributed by atoms with E-state index in [2.05, 4.69) is 16.0 Å². The highest BCUT2D eigenvalue weighted by molar-refractivity contribution is 5.97. The summed E-state index contributed by atoms with van der Waals surface area (Å²) in [6, 6.07) is 12.7. The van der Waals surface area contributed by atoms with E-state index in [4.69, 9.17) is 4.74 Å². The van der Waals surface area contributed by atoms with E-state index in [0.29, 0.717) is 24.4 Å². The van der Waals surface area contributed by atoms with Crippen molar-refractivity contribution in [3.8, 4) is 0 Å². The summed E-state index contributed by atoms with van der Waals surface area (Å²) in [4.78, 5) is 25.2. The van der Waals surface area contributed by atoms with Crippen molar-refractivity contribution in [1.29, 1.82) is 0 Å². The van der Waals surface area contributed by atoms with Crippen LogP contribution in [0.3, 0.4) is 0 Å². The second kappa shape index (κ2) is 11.1. The first-order valence-corrected chi connectivity index (χ1v) is 9.66. The van der Waals surface area contributed by atoms with E-state index < -0.39 is 5.41 Å². The largest absolute Gasteiger partial charge is 0.384 e. The predicted octanol–water partition coefficient (Wildman–Crippen LogP) is 3.13. The zero-order valence-corrected chi connectivity index (χ0v) is 17.7. The first-order chi connectivity index (χ1) is 14.0. The summed E-state index contributed by atoms with van der Waals surface area (Å²) in [5, 5.41) is 9.01. The highest BCUT2D eigenvalue weighted by Crippen LogP contribution is 2.31. The normalized spacial score (nSPS) is 15.0. The van der Waals surface area contributed by atoms with Crippen LogP contribution in [0.5, 0.6) is 0 Å². The molecule has 1 aliphatic rings. The Hall–Kier alpha value is -2.48. The van der Waals surface area contributed by atoms with Gasteiger partial charge in [-0.25, -0.2) is 4.39 Å². The van der Waals surface area contributed by atoms with Crippen molar-refractivity contribution in [2.24, 2.45) is 5.41 Å². The molecule has 0 spiro atoms. The van der Waals surface area contributed by atoms with Gasteiger partial charge in [0, 0.05) is 24.9 Å². The maximum absolute atomic E-state index is 12.9. The second-order valence-corrected chi connectivity index (χ2v) is 7.30. The molecule has 3 rings (SSSR count). The van der Waals surface area contributed by atoms with E-state index in [9.17, 15) is 14.0 Å². The number of hydrogen-bond donors (Lipinski definition) is 3. The second-order valence-electron chi connectivity index (χ2n) is 7.30. The summed E-state index contributed by atoms with van der Waals surface area (Å²) in [6.45, 7) is 2.25. The van der Waals surface area contributed by atoms with Gasteiger partial charge in [0.25, 0.3) is 5.91 Å². The topological polar surface area (TPSA) is 79.5 Å². The quantitative estimate of drug-likeness (QED) is 0.624. The molecule has 0 aliphatic carbocycles. The van der Waals surface area contributed by atoms with Crippen LogP contribution in [0.15, 0.2) is 48.5 Å². The van der Waals surface area contributed by atoms with Crippen molar-refractivity contribution in [3.63, 3.8) is 0 Å². The van der Waals surface area contributed by atoms with Crippen molar-refractivity contribution >= 4 is 29.9 Å². The van der Waals surface area contributed by atoms with E-state index in [1.165, 1.54) is 12.1 Å². The number of rotatable bonds is 7. The monoisotopic (exact) mass is 435 g/mol. The van der Waals surface area contributed by atoms with Gasteiger partial charge in [-0.2, -0.15) is 0 Å². The number of ether oxygens (including phenoxy) is 1. The smallest absolute Gasteiger partial charge is 0.251 e. The van der Waals surface area contributed by atoms with Gasteiger partial charge in [0.1, 0.15) is 5.82 Å². The van der Waals surface area contributed by atoms with Gasteiger partial charge in [-0.3, -0.25) is 9.59 Å². The zero-order valence-electron chi connectivity index (χ0n) is 16.9. The van der Waals surface area contributed by atoms with E-state index >= 15 is 0 Å². The number of carbonyl (C=O) groups is 2. The van der Waals surface area contributed by atoms with Gasteiger partial charge in [0.15, 0.2) is 0 Å². The van der Waals surface area contributed by atoms with Crippen molar-refractivity contribution in [1.82, 2.24) is 10.6 Å². The number of carbonyl (C=O) groups excluding carboxylic acids is 2. The van der Waals surface area contributed by atoms with E-state index in [1.807, 2.05) is 0 Å². The van der Waals surface area contributed by atoms with E-state index in [0.717, 1.165) is 31.5 Å². The minimum absolute atomic E-state index is 0. The van der Waals surface area contributed by atoms with Gasteiger partial charge >= 0.3 is 0 Å². The number of anilines is 1. The molecule has 2 amide bonds. The zero-order chi connectivity index (χ0) is 20.7. The molecule has 0 bridgehead atoms. The summed E-state index contributed by atoms with van der Waals surface area (Å²) < 4.78 is 18.2. The lowest BCUT2D eigenvalue weighted by atomic mass is 9.78. The molecule has 162 valence electrons. The van der Waals surface area contributed by atoms with Gasteiger partial charge in [-0.1, -0.05) is 12.1 Å². The van der Waals surface area contributed by atoms with Crippen LogP contribution in [0.1, 0.15) is 28.8 Å². The van der Waals surface area contributed by atoms with Crippen LogP contribution < -0.4 is 16.0 Å². The fraction of sp³-hybridized carbons (Fsp3) is 0.364. The third-order valence-electron chi connectivity index (χ3n) is 5.23. The molecule has 8 heteroatoms. The van der Waals surface area contributed by atoms with Crippen LogP contribution in [-0.2, 0) is 16.1 Å². The molecule has 1 heterocycles. The SMILES string of the molecule is COCC1(C(=O)Nc2ccc(C(=O)NCc3ccc(F)cc3)cc2)CCNCC1.Cl. The highest BCUT2D eigenvalue weighted by atomic mass is 35.5. The Morgan fingerprint density at radius 3 is 2.30 bits per heavy atom. The van der Waals surface area contributed by atoms with Crippen LogP contribution in [-0.4, -0.2) is 38.6 Å². The van der Waals surface area contributed by atoms with E-state index in [1.54, 1.807) is 43.5 Å². The lowest BCUT2D eigenvalue weighted by Crippen LogP contribution is -2.47. The van der Waals surface area contributed by atoms with Crippen LogP contribution in [0.2, 0.25) is 0 Å². The lowest BCUT2D eigenvalue weighted by molar-refractivity contribution is -0.130. The molecule has 0 saturated carbocycles. The number of hydrogen-bond acceptors (Lipinski definition) is 4. The first kappa shape index (κ1) is 23.8. The van der Waals surface area contributed by atoms with Crippen molar-refractivity contribution in [2.75, 3.05) is 32.1 Å². The molecule has 0 unspecified atom stereocenters. The van der Waals surface area contributed by atoms with Crippen molar-refractivity contribution in [3.05, 3.63) is 65.5 Å². The molecule has 2 aromatic rings. The predicted molar refractivity (Wildman–Crippen MR) is 116 cm³/mol. The van der Waals surface area contributed by atoms with Crippen LogP contribution in [0, 0.1) is 11.2 Å². The third kappa shape index (κ3) is 6.01. The minimum atomic E-state index is -0.537. The molecule has 2 aromatic carbocycles. The Morgan fingerprint density at radius 1 is 1.07 bits per heavy atom. The molecule has 1 aliphatic heterocycles. The highest BCUT2D eigenvalue weighted by Gasteiger charge is 2.39. The molecule has 0 atom stereocenters. The van der Waals surface area contributed by atoms with Gasteiger partial charge in [-0.05, 0) is 67.9 Å². The van der Waals surface area contributed by atoms with E-state index in [-0.39, 0.29) is 30.0 Å². The summed E-state index contributed by atoms with van der Waals surface area (Å²) in [6.07, 6.45) is 1.44. The molecule has 3 N–H and O–H groups in total. The molecular formula is C22H27ClFN3O3. The lowest BCUT2D eigenvalue weighted by Gasteiger charge is -2.35. The molecule has 30 heavy (non-hydrogen) atoms. The summed E-state index contributed by atoms with van der Waals surface area (Å²) in [7, 11) is 1.61. The van der Waals surface area contributed by atoms with Gasteiger partial charge in [0.05, 0.1) is 12.0 Å². The average Bonchev–Trinajstić information content (AvgIpc) is 2.74. The van der Waals surface area contributed by atoms with Crippen LogP contribution in [0.4, 0.5) is 10.1 Å². The molecule has 1 saturated heterocycles. The van der Waals surface area contributed by atoms with Crippen LogP contribution in [0.25, 0.3) is 0 Å². The fourth-order valence-corrected chi connectivity index (χ4v) is 3.47. The summed E-state index contributed by atoms with van der Waals surface area (Å²) >= 11 is 0. The molecule has 6 nitrogen and oxygen atoms in total. The number of nitrogens with one attached hydrogen (secondary N) is 3. The standard InChI is InChI=1S/C22H26FN3O3.ClH/c1-29-15-22(10-12-24-13-11-22)21(28)26-19-8-4-17(5-9-19)20(27)25-14-16-2-6-18(23)7-3-16;/h2-9,24H,10-15H2,1H3,(H,25,27)(H,26,28);1H. The molecule has 1 fully saturated rings. The van der Waals surface area contributed by atoms with Gasteiger partial charge in [-0.15, -0.1) is 12.4 Å². The summed E-state index contributed by atoms with van der Waals surface area (Å²) in [5.41, 5.74) is 1.40. The number of piperidine rings is 1. The first-order valence-electron chi connectivity index (χ1n) is 9.66. The van der Waals surface area contributed by atoms with Crippen molar-refractivity contribution in [2.45, 2.75) is 19.4 Å². The van der Waals surface area contributed by atoms with Crippen LogP contribution >= 0.6 is 12.4 Å². The molecule has 0 aromatic heterocycles. The average molecular weight is 436 g/mol. The Labute approximate surface area is 182 Å². The Bertz CT molecular complexity index is 832. The number of halogens is 2. The summed E-state index contributed by atoms with van der Waals surface area (Å²) in [5.74, 6) is -0.606. The Morgan fingerprint density at radius 2 is 1.70 bits per heavy atom. The Balaban J connectivity index is 0.00000320. The molecule has 0 radical (unpaired) electrons. The number of methoxy groups -OCH3 is 1.